The zero-order valence-electron chi connectivity index (χ0n) is 13.2. The van der Waals surface area contributed by atoms with Gasteiger partial charge in [-0.25, -0.2) is 4.79 Å². The molecule has 0 saturated heterocycles. The van der Waals surface area contributed by atoms with Crippen molar-refractivity contribution >= 4 is 23.7 Å². The number of hydrogen-bond acceptors (Lipinski definition) is 3. The average Bonchev–Trinajstić information content (AvgIpc) is 2.49. The van der Waals surface area contributed by atoms with Crippen LogP contribution in [-0.2, 0) is 4.79 Å². The zero-order valence-corrected chi connectivity index (χ0v) is 14.0. The number of rotatable bonds is 4. The van der Waals surface area contributed by atoms with Crippen LogP contribution >= 0.6 is 11.8 Å². The van der Waals surface area contributed by atoms with E-state index in [0.29, 0.717) is 5.92 Å². The van der Waals surface area contributed by atoms with Crippen LogP contribution in [0.5, 0.6) is 0 Å². The lowest BCUT2D eigenvalue weighted by Crippen LogP contribution is -2.48. The molecule has 1 aromatic rings. The molecule has 2 unspecified atom stereocenters. The lowest BCUT2D eigenvalue weighted by molar-refractivity contribution is -0.117. The third-order valence-corrected chi connectivity index (χ3v) is 5.08. The summed E-state index contributed by atoms with van der Waals surface area (Å²) < 4.78 is 0. The van der Waals surface area contributed by atoms with E-state index in [-0.39, 0.29) is 23.7 Å². The first kappa shape index (κ1) is 16.9. The number of urea groups is 1. The topological polar surface area (TPSA) is 58.2 Å². The van der Waals surface area contributed by atoms with E-state index < -0.39 is 0 Å². The van der Waals surface area contributed by atoms with Gasteiger partial charge in [0.1, 0.15) is 0 Å². The largest absolute Gasteiger partial charge is 0.335 e. The van der Waals surface area contributed by atoms with E-state index in [0.717, 1.165) is 24.2 Å². The molecule has 1 fully saturated rings. The smallest absolute Gasteiger partial charge is 0.321 e. The van der Waals surface area contributed by atoms with Gasteiger partial charge in [0, 0.05) is 10.9 Å². The number of benzene rings is 1. The fraction of sp³-hybridized carbons (Fsp3) is 0.529. The maximum Gasteiger partial charge on any atom is 0.321 e. The summed E-state index contributed by atoms with van der Waals surface area (Å²) in [6, 6.07) is 7.81. The van der Waals surface area contributed by atoms with Crippen LogP contribution in [0.4, 0.5) is 4.79 Å². The van der Waals surface area contributed by atoms with Gasteiger partial charge in [-0.3, -0.25) is 10.1 Å². The van der Waals surface area contributed by atoms with Crippen LogP contribution in [0.1, 0.15) is 38.2 Å². The zero-order chi connectivity index (χ0) is 15.9. The molecule has 1 aromatic carbocycles. The van der Waals surface area contributed by atoms with E-state index in [1.54, 1.807) is 0 Å². The van der Waals surface area contributed by atoms with Crippen molar-refractivity contribution < 1.29 is 9.59 Å². The first-order valence-corrected chi connectivity index (χ1v) is 8.83. The molecule has 5 heteroatoms. The van der Waals surface area contributed by atoms with E-state index in [1.807, 2.05) is 31.2 Å². The monoisotopic (exact) mass is 320 g/mol. The molecule has 1 aliphatic rings. The maximum atomic E-state index is 11.9. The van der Waals surface area contributed by atoms with Crippen molar-refractivity contribution in [1.29, 1.82) is 0 Å². The number of carbonyl (C=O) groups excluding carboxylic acids is 2. The Morgan fingerprint density at radius 3 is 2.55 bits per heavy atom. The van der Waals surface area contributed by atoms with Crippen LogP contribution < -0.4 is 10.6 Å². The van der Waals surface area contributed by atoms with Gasteiger partial charge >= 0.3 is 6.03 Å². The molecule has 0 aliphatic heterocycles. The second-order valence-electron chi connectivity index (χ2n) is 5.99. The molecule has 4 nitrogen and oxygen atoms in total. The number of thioether (sulfide) groups is 1. The Bertz CT molecular complexity index is 516. The molecule has 3 amide bonds. The molecule has 1 aliphatic carbocycles. The highest BCUT2D eigenvalue weighted by Crippen LogP contribution is 2.23. The Morgan fingerprint density at radius 1 is 1.18 bits per heavy atom. The van der Waals surface area contributed by atoms with E-state index in [1.165, 1.54) is 23.7 Å². The number of aryl methyl sites for hydroxylation is 1. The number of nitrogens with one attached hydrogen (secondary N) is 2. The molecule has 2 N–H and O–H groups in total. The van der Waals surface area contributed by atoms with Crippen LogP contribution in [0.25, 0.3) is 0 Å². The van der Waals surface area contributed by atoms with E-state index in [9.17, 15) is 9.59 Å². The molecule has 0 radical (unpaired) electrons. The summed E-state index contributed by atoms with van der Waals surface area (Å²) >= 11 is 1.43. The summed E-state index contributed by atoms with van der Waals surface area (Å²) in [5, 5.41) is 5.34. The molecule has 0 aromatic heterocycles. The quantitative estimate of drug-likeness (QED) is 0.835. The number of hydrogen-bond donors (Lipinski definition) is 2. The number of amides is 3. The van der Waals surface area contributed by atoms with Gasteiger partial charge in [-0.1, -0.05) is 37.5 Å². The predicted octanol–water partition coefficient (Wildman–Crippen LogP) is 3.49. The lowest BCUT2D eigenvalue weighted by Gasteiger charge is -2.29. The predicted molar refractivity (Wildman–Crippen MR) is 90.0 cm³/mol. The molecule has 0 bridgehead atoms. The Kier molecular flexibility index (Phi) is 6.31. The van der Waals surface area contributed by atoms with Crippen LogP contribution in [0.15, 0.2) is 29.2 Å². The van der Waals surface area contributed by atoms with Gasteiger partial charge in [-0.2, -0.15) is 0 Å². The third-order valence-electron chi connectivity index (χ3n) is 4.07. The first-order valence-electron chi connectivity index (χ1n) is 7.84. The van der Waals surface area contributed by atoms with Crippen molar-refractivity contribution in [2.75, 3.05) is 5.75 Å². The molecule has 2 atom stereocenters. The van der Waals surface area contributed by atoms with E-state index >= 15 is 0 Å². The van der Waals surface area contributed by atoms with Gasteiger partial charge in [0.2, 0.25) is 5.91 Å². The van der Waals surface area contributed by atoms with Crippen LogP contribution in [0.3, 0.4) is 0 Å². The van der Waals surface area contributed by atoms with Gasteiger partial charge < -0.3 is 5.32 Å². The summed E-state index contributed by atoms with van der Waals surface area (Å²) in [7, 11) is 0. The maximum absolute atomic E-state index is 11.9. The van der Waals surface area contributed by atoms with Crippen LogP contribution in [0, 0.1) is 12.8 Å². The van der Waals surface area contributed by atoms with Crippen molar-refractivity contribution in [1.82, 2.24) is 10.6 Å². The van der Waals surface area contributed by atoms with Gasteiger partial charge in [-0.15, -0.1) is 11.8 Å². The number of carbonyl (C=O) groups is 2. The minimum absolute atomic E-state index is 0.186. The Balaban J connectivity index is 1.71. The summed E-state index contributed by atoms with van der Waals surface area (Å²) in [4.78, 5) is 24.7. The Hall–Kier alpha value is -1.49. The van der Waals surface area contributed by atoms with Gasteiger partial charge in [0.15, 0.2) is 0 Å². The summed E-state index contributed by atoms with van der Waals surface area (Å²) in [6.07, 6.45) is 4.52. The molecule has 0 heterocycles. The molecule has 120 valence electrons. The van der Waals surface area contributed by atoms with Crippen LogP contribution in [-0.4, -0.2) is 23.7 Å². The molecule has 22 heavy (non-hydrogen) atoms. The lowest BCUT2D eigenvalue weighted by atomic mass is 9.86. The van der Waals surface area contributed by atoms with E-state index in [4.69, 9.17) is 0 Å². The van der Waals surface area contributed by atoms with Crippen molar-refractivity contribution in [3.8, 4) is 0 Å². The van der Waals surface area contributed by atoms with Gasteiger partial charge in [0.25, 0.3) is 0 Å². The molecular formula is C17H24N2O2S. The van der Waals surface area contributed by atoms with Crippen molar-refractivity contribution in [2.45, 2.75) is 50.5 Å². The number of imide groups is 1. The highest BCUT2D eigenvalue weighted by atomic mass is 32.2. The standard InChI is InChI=1S/C17H24N2O2S/c1-12-7-9-14(10-8-12)22-11-16(20)19-17(21)18-15-6-4-3-5-13(15)2/h7-10,13,15H,3-6,11H2,1-2H3,(H2,18,19,20,21). The van der Waals surface area contributed by atoms with Crippen molar-refractivity contribution in [3.63, 3.8) is 0 Å². The van der Waals surface area contributed by atoms with Gasteiger partial charge in [0.05, 0.1) is 5.75 Å². The summed E-state index contributed by atoms with van der Waals surface area (Å²) in [6.45, 7) is 4.18. The Morgan fingerprint density at radius 2 is 1.86 bits per heavy atom. The SMILES string of the molecule is Cc1ccc(SCC(=O)NC(=O)NC2CCCCC2C)cc1. The molecule has 2 rings (SSSR count). The molecular weight excluding hydrogens is 296 g/mol. The van der Waals surface area contributed by atoms with Crippen molar-refractivity contribution in [2.24, 2.45) is 5.92 Å². The summed E-state index contributed by atoms with van der Waals surface area (Å²) in [5.74, 6) is 0.472. The minimum Gasteiger partial charge on any atom is -0.335 e. The highest BCUT2D eigenvalue weighted by Gasteiger charge is 2.23. The molecule has 0 spiro atoms. The van der Waals surface area contributed by atoms with Crippen molar-refractivity contribution in [3.05, 3.63) is 29.8 Å². The second-order valence-corrected chi connectivity index (χ2v) is 7.04. The third kappa shape index (κ3) is 5.37. The van der Waals surface area contributed by atoms with Crippen LogP contribution in [0.2, 0.25) is 0 Å². The first-order chi connectivity index (χ1) is 10.5. The minimum atomic E-state index is -0.367. The second kappa shape index (κ2) is 8.22. The fourth-order valence-corrected chi connectivity index (χ4v) is 3.38. The summed E-state index contributed by atoms with van der Waals surface area (Å²) in [5.41, 5.74) is 1.19. The normalized spacial score (nSPS) is 21.2. The highest BCUT2D eigenvalue weighted by molar-refractivity contribution is 8.00. The molecule has 1 saturated carbocycles. The average molecular weight is 320 g/mol. The van der Waals surface area contributed by atoms with E-state index in [2.05, 4.69) is 17.6 Å². The fourth-order valence-electron chi connectivity index (χ4n) is 2.68. The Labute approximate surface area is 136 Å². The van der Waals surface area contributed by atoms with Gasteiger partial charge in [-0.05, 0) is 37.8 Å².